The van der Waals surface area contributed by atoms with Gasteiger partial charge in [0.2, 0.25) is 0 Å². The van der Waals surface area contributed by atoms with E-state index in [9.17, 15) is 19.2 Å². The summed E-state index contributed by atoms with van der Waals surface area (Å²) >= 11 is 0. The Morgan fingerprint density at radius 3 is 1.74 bits per heavy atom. The number of nitrogens with zero attached hydrogens (tertiary/aromatic N) is 1. The van der Waals surface area contributed by atoms with Crippen LogP contribution in [0.5, 0.6) is 0 Å². The second-order valence-corrected chi connectivity index (χ2v) is 9.01. The van der Waals surface area contributed by atoms with Crippen LogP contribution in [0.4, 0.5) is 11.4 Å². The van der Waals surface area contributed by atoms with Gasteiger partial charge in [-0.3, -0.25) is 9.59 Å². The van der Waals surface area contributed by atoms with Gasteiger partial charge < -0.3 is 30.8 Å². The van der Waals surface area contributed by atoms with E-state index >= 15 is 0 Å². The molecule has 2 aromatic carbocycles. The lowest BCUT2D eigenvalue weighted by atomic mass is 10.0. The van der Waals surface area contributed by atoms with Gasteiger partial charge >= 0.3 is 11.9 Å². The SMILES string of the molecule is CCc1cc(C(=O)O)c(=O)[nH]c1-c1ccc(N)cc1.Cc1cc(C(=O)O)c(=O)[nH]c1-c1ccc(N(C)C)cc1. The lowest BCUT2D eigenvalue weighted by Gasteiger charge is -2.13. The monoisotopic (exact) mass is 530 g/mol. The first-order chi connectivity index (χ1) is 18.4. The number of aromatic nitrogens is 2. The standard InChI is InChI=1S/C15H16N2O3.C14H14N2O3/c1-9-8-12(15(19)20)14(18)16-13(9)10-4-6-11(7-5-10)17(2)3;1-2-8-7-11(14(18)19)13(17)16-12(8)9-3-5-10(15)6-4-9/h4-8H,1-3H3,(H,16,18)(H,19,20);3-7H,2,15H2,1H3,(H,16,17)(H,18,19). The molecule has 0 unspecified atom stereocenters. The molecule has 2 heterocycles. The van der Waals surface area contributed by atoms with Crippen LogP contribution in [-0.2, 0) is 6.42 Å². The third-order valence-electron chi connectivity index (χ3n) is 6.07. The second kappa shape index (κ2) is 12.0. The van der Waals surface area contributed by atoms with Crippen molar-refractivity contribution in [2.45, 2.75) is 20.3 Å². The Morgan fingerprint density at radius 1 is 0.795 bits per heavy atom. The highest BCUT2D eigenvalue weighted by Crippen LogP contribution is 2.24. The van der Waals surface area contributed by atoms with E-state index in [4.69, 9.17) is 15.9 Å². The number of carbonyl (C=O) groups is 2. The fourth-order valence-corrected chi connectivity index (χ4v) is 3.94. The van der Waals surface area contributed by atoms with E-state index in [0.717, 1.165) is 27.9 Å². The summed E-state index contributed by atoms with van der Waals surface area (Å²) in [6.07, 6.45) is 0.622. The van der Waals surface area contributed by atoms with E-state index in [0.29, 0.717) is 23.5 Å². The van der Waals surface area contributed by atoms with Gasteiger partial charge in [0.25, 0.3) is 11.1 Å². The number of carboxylic acid groups (broad SMARTS) is 2. The van der Waals surface area contributed by atoms with E-state index in [1.807, 2.05) is 50.2 Å². The van der Waals surface area contributed by atoms with Crippen LogP contribution >= 0.6 is 0 Å². The highest BCUT2D eigenvalue weighted by molar-refractivity contribution is 5.88. The van der Waals surface area contributed by atoms with Crippen molar-refractivity contribution in [2.24, 2.45) is 0 Å². The highest BCUT2D eigenvalue weighted by atomic mass is 16.4. The van der Waals surface area contributed by atoms with E-state index in [1.54, 1.807) is 31.2 Å². The number of aromatic amines is 2. The van der Waals surface area contributed by atoms with Crippen molar-refractivity contribution in [1.82, 2.24) is 9.97 Å². The zero-order valence-electron chi connectivity index (χ0n) is 22.0. The number of H-pyrrole nitrogens is 2. The van der Waals surface area contributed by atoms with Crippen LogP contribution in [0.15, 0.2) is 70.3 Å². The maximum atomic E-state index is 11.7. The second-order valence-electron chi connectivity index (χ2n) is 9.01. The van der Waals surface area contributed by atoms with Crippen LogP contribution < -0.4 is 21.8 Å². The van der Waals surface area contributed by atoms with Crippen molar-refractivity contribution < 1.29 is 19.8 Å². The Bertz CT molecular complexity index is 1620. The van der Waals surface area contributed by atoms with Gasteiger partial charge in [-0.1, -0.05) is 31.2 Å². The number of aryl methyl sites for hydroxylation is 2. The van der Waals surface area contributed by atoms with Gasteiger partial charge in [0.05, 0.1) is 11.4 Å². The Kier molecular flexibility index (Phi) is 8.72. The molecule has 39 heavy (non-hydrogen) atoms. The lowest BCUT2D eigenvalue weighted by Crippen LogP contribution is -2.19. The fraction of sp³-hybridized carbons (Fsp3) is 0.172. The molecule has 0 fully saturated rings. The van der Waals surface area contributed by atoms with E-state index in [2.05, 4.69) is 9.97 Å². The van der Waals surface area contributed by atoms with Crippen molar-refractivity contribution in [3.63, 3.8) is 0 Å². The van der Waals surface area contributed by atoms with Gasteiger partial charge in [0.1, 0.15) is 11.1 Å². The number of aromatic carboxylic acids is 2. The number of hydrogen-bond acceptors (Lipinski definition) is 6. The number of nitrogens with two attached hydrogens (primary N) is 1. The molecule has 0 aliphatic heterocycles. The summed E-state index contributed by atoms with van der Waals surface area (Å²) in [7, 11) is 3.90. The van der Waals surface area contributed by atoms with Crippen LogP contribution in [0.3, 0.4) is 0 Å². The molecule has 6 N–H and O–H groups in total. The maximum Gasteiger partial charge on any atom is 0.341 e. The van der Waals surface area contributed by atoms with Crippen LogP contribution in [0, 0.1) is 6.92 Å². The lowest BCUT2D eigenvalue weighted by molar-refractivity contribution is 0.0684. The van der Waals surface area contributed by atoms with Crippen molar-refractivity contribution in [1.29, 1.82) is 0 Å². The molecule has 0 amide bonds. The average Bonchev–Trinajstić information content (AvgIpc) is 2.90. The Hall–Kier alpha value is -5.12. The summed E-state index contributed by atoms with van der Waals surface area (Å²) in [6, 6.07) is 17.6. The molecule has 4 aromatic rings. The Balaban J connectivity index is 0.000000216. The molecule has 0 radical (unpaired) electrons. The number of nitrogens with one attached hydrogen (secondary N) is 2. The molecule has 0 bridgehead atoms. The molecule has 0 spiro atoms. The zero-order valence-corrected chi connectivity index (χ0v) is 22.0. The van der Waals surface area contributed by atoms with E-state index < -0.39 is 23.1 Å². The molecule has 10 nitrogen and oxygen atoms in total. The van der Waals surface area contributed by atoms with Gasteiger partial charge in [0.15, 0.2) is 0 Å². The minimum atomic E-state index is -1.22. The van der Waals surface area contributed by atoms with E-state index in [-0.39, 0.29) is 11.1 Å². The third-order valence-corrected chi connectivity index (χ3v) is 6.07. The van der Waals surface area contributed by atoms with Crippen molar-refractivity contribution >= 4 is 23.3 Å². The van der Waals surface area contributed by atoms with Gasteiger partial charge in [-0.25, -0.2) is 9.59 Å². The molecule has 2 aromatic heterocycles. The van der Waals surface area contributed by atoms with Crippen molar-refractivity contribution in [3.05, 3.63) is 104 Å². The van der Waals surface area contributed by atoms with Gasteiger partial charge in [-0.2, -0.15) is 0 Å². The number of anilines is 2. The fourth-order valence-electron chi connectivity index (χ4n) is 3.94. The largest absolute Gasteiger partial charge is 0.477 e. The minimum absolute atomic E-state index is 0.240. The number of nitrogen functional groups attached to an aromatic ring is 1. The van der Waals surface area contributed by atoms with Crippen LogP contribution in [0.25, 0.3) is 22.5 Å². The number of pyridine rings is 2. The summed E-state index contributed by atoms with van der Waals surface area (Å²) in [5, 5.41) is 17.9. The Labute approximate surface area is 224 Å². The van der Waals surface area contributed by atoms with Crippen molar-refractivity contribution in [2.75, 3.05) is 24.7 Å². The molecule has 10 heteroatoms. The Morgan fingerprint density at radius 2 is 1.26 bits per heavy atom. The first kappa shape index (κ1) is 28.5. The summed E-state index contributed by atoms with van der Waals surface area (Å²) in [5.74, 6) is -2.44. The first-order valence-corrected chi connectivity index (χ1v) is 12.0. The molecule has 0 saturated carbocycles. The minimum Gasteiger partial charge on any atom is -0.477 e. The molecule has 0 aliphatic carbocycles. The summed E-state index contributed by atoms with van der Waals surface area (Å²) in [5.41, 5.74) is 10.1. The number of rotatable bonds is 6. The summed E-state index contributed by atoms with van der Waals surface area (Å²) in [4.78, 5) is 52.6. The van der Waals surface area contributed by atoms with Gasteiger partial charge in [-0.15, -0.1) is 0 Å². The summed E-state index contributed by atoms with van der Waals surface area (Å²) in [6.45, 7) is 3.68. The van der Waals surface area contributed by atoms with E-state index in [1.165, 1.54) is 12.1 Å². The zero-order chi connectivity index (χ0) is 28.9. The normalized spacial score (nSPS) is 10.4. The summed E-state index contributed by atoms with van der Waals surface area (Å²) < 4.78 is 0. The number of hydrogen-bond donors (Lipinski definition) is 5. The molecule has 0 saturated heterocycles. The van der Waals surface area contributed by atoms with Gasteiger partial charge in [0, 0.05) is 25.5 Å². The van der Waals surface area contributed by atoms with Crippen molar-refractivity contribution in [3.8, 4) is 22.5 Å². The molecular formula is C29H30N4O6. The maximum absolute atomic E-state index is 11.7. The molecule has 0 atom stereocenters. The molecule has 4 rings (SSSR count). The van der Waals surface area contributed by atoms with Crippen LogP contribution in [0.2, 0.25) is 0 Å². The molecular weight excluding hydrogens is 500 g/mol. The topological polar surface area (TPSA) is 170 Å². The number of benzene rings is 2. The smallest absolute Gasteiger partial charge is 0.341 e. The molecule has 202 valence electrons. The quantitative estimate of drug-likeness (QED) is 0.233. The van der Waals surface area contributed by atoms with Gasteiger partial charge in [-0.05, 0) is 72.0 Å². The predicted octanol–water partition coefficient (Wildman–Crippen LogP) is 4.00. The first-order valence-electron chi connectivity index (χ1n) is 12.0. The predicted molar refractivity (Wildman–Crippen MR) is 152 cm³/mol. The van der Waals surface area contributed by atoms with Crippen LogP contribution in [-0.4, -0.2) is 46.2 Å². The number of carboxylic acids is 2. The van der Waals surface area contributed by atoms with Crippen LogP contribution in [0.1, 0.15) is 38.8 Å². The molecule has 0 aliphatic rings. The average molecular weight is 531 g/mol. The third kappa shape index (κ3) is 6.61. The highest BCUT2D eigenvalue weighted by Gasteiger charge is 2.14.